The van der Waals surface area contributed by atoms with Gasteiger partial charge in [0.05, 0.1) is 18.9 Å². The fourth-order valence-corrected chi connectivity index (χ4v) is 2.07. The van der Waals surface area contributed by atoms with E-state index in [1.54, 1.807) is 7.11 Å². The van der Waals surface area contributed by atoms with Gasteiger partial charge in [0.2, 0.25) is 0 Å². The Morgan fingerprint density at radius 3 is 2.17 bits per heavy atom. The summed E-state index contributed by atoms with van der Waals surface area (Å²) in [6, 6.07) is 2.21. The van der Waals surface area contributed by atoms with Crippen LogP contribution in [0.25, 0.3) is 0 Å². The number of ether oxygens (including phenoxy) is 1. The molecule has 0 aliphatic carbocycles. The van der Waals surface area contributed by atoms with Crippen LogP contribution in [0.5, 0.6) is 5.75 Å². The van der Waals surface area contributed by atoms with Crippen molar-refractivity contribution in [2.24, 2.45) is 0 Å². The van der Waals surface area contributed by atoms with Crippen LogP contribution < -0.4 is 10.1 Å². The van der Waals surface area contributed by atoms with Gasteiger partial charge in [-0.15, -0.1) is 0 Å². The number of rotatable bonds is 3. The van der Waals surface area contributed by atoms with Crippen LogP contribution in [0.4, 0.5) is 5.69 Å². The summed E-state index contributed by atoms with van der Waals surface area (Å²) < 4.78 is 5.45. The Kier molecular flexibility index (Phi) is 4.13. The Hall–Kier alpha value is -1.40. The normalized spacial score (nSPS) is 11.0. The number of nitrogens with one attached hydrogen (secondary N) is 1. The van der Waals surface area contributed by atoms with Gasteiger partial charge in [-0.1, -0.05) is 11.6 Å². The second kappa shape index (κ2) is 5.07. The quantitative estimate of drug-likeness (QED) is 0.900. The number of hydrogen-bond donors (Lipinski definition) is 1. The molecular weight excluding hydrogens is 248 g/mol. The molecule has 0 atom stereocenters. The van der Waals surface area contributed by atoms with E-state index in [0.717, 1.165) is 28.1 Å². The number of hydrogen-bond acceptors (Lipinski definition) is 3. The predicted octanol–water partition coefficient (Wildman–Crippen LogP) is 3.99. The van der Waals surface area contributed by atoms with E-state index < -0.39 is 5.54 Å². The third-order valence-electron chi connectivity index (χ3n) is 3.08. The molecular formula is C14H19ClN2O. The topological polar surface area (TPSA) is 45.0 Å². The number of anilines is 1. The lowest BCUT2D eigenvalue weighted by molar-refractivity contribution is 0.412. The molecule has 0 unspecified atom stereocenters. The molecule has 0 amide bonds. The van der Waals surface area contributed by atoms with E-state index >= 15 is 0 Å². The highest BCUT2D eigenvalue weighted by Gasteiger charge is 2.23. The van der Waals surface area contributed by atoms with Crippen LogP contribution >= 0.6 is 11.6 Å². The Bertz CT molecular complexity index is 516. The summed E-state index contributed by atoms with van der Waals surface area (Å²) in [7, 11) is 1.62. The lowest BCUT2D eigenvalue weighted by Crippen LogP contribution is -2.29. The molecule has 0 radical (unpaired) electrons. The molecule has 98 valence electrons. The molecule has 1 N–H and O–H groups in total. The summed E-state index contributed by atoms with van der Waals surface area (Å²) in [5, 5.41) is 13.0. The molecule has 0 fully saturated rings. The van der Waals surface area contributed by atoms with E-state index in [4.69, 9.17) is 21.6 Å². The molecule has 18 heavy (non-hydrogen) atoms. The first-order chi connectivity index (χ1) is 8.25. The minimum atomic E-state index is -0.678. The maximum absolute atomic E-state index is 9.12. The maximum atomic E-state index is 9.12. The number of halogens is 1. The SMILES string of the molecule is COc1c(C)c(C)c(Cl)c(C)c1NC(C)(C)C#N. The van der Waals surface area contributed by atoms with Crippen LogP contribution in [0, 0.1) is 32.1 Å². The zero-order valence-electron chi connectivity index (χ0n) is 11.7. The number of benzene rings is 1. The van der Waals surface area contributed by atoms with Crippen LogP contribution in [0.1, 0.15) is 30.5 Å². The van der Waals surface area contributed by atoms with Gasteiger partial charge in [0.25, 0.3) is 0 Å². The van der Waals surface area contributed by atoms with E-state index in [-0.39, 0.29) is 0 Å². The first-order valence-electron chi connectivity index (χ1n) is 5.77. The molecule has 0 spiro atoms. The Labute approximate surface area is 114 Å². The van der Waals surface area contributed by atoms with Crippen LogP contribution in [-0.2, 0) is 0 Å². The van der Waals surface area contributed by atoms with E-state index in [9.17, 15) is 0 Å². The third kappa shape index (κ3) is 2.54. The maximum Gasteiger partial charge on any atom is 0.145 e. The van der Waals surface area contributed by atoms with Crippen molar-refractivity contribution in [3.05, 3.63) is 21.7 Å². The molecule has 0 saturated carbocycles. The van der Waals surface area contributed by atoms with Crippen LogP contribution in [0.15, 0.2) is 0 Å². The average molecular weight is 267 g/mol. The molecule has 1 aromatic rings. The largest absolute Gasteiger partial charge is 0.494 e. The van der Waals surface area contributed by atoms with Gasteiger partial charge >= 0.3 is 0 Å². The van der Waals surface area contributed by atoms with Gasteiger partial charge in [-0.3, -0.25) is 0 Å². The summed E-state index contributed by atoms with van der Waals surface area (Å²) >= 11 is 6.31. The Morgan fingerprint density at radius 1 is 1.17 bits per heavy atom. The highest BCUT2D eigenvalue weighted by atomic mass is 35.5. The summed E-state index contributed by atoms with van der Waals surface area (Å²) in [5.74, 6) is 0.748. The molecule has 1 rings (SSSR count). The molecule has 0 aliphatic heterocycles. The number of nitriles is 1. The van der Waals surface area contributed by atoms with Gasteiger partial charge in [-0.05, 0) is 51.3 Å². The van der Waals surface area contributed by atoms with Crippen molar-refractivity contribution in [3.8, 4) is 11.8 Å². The highest BCUT2D eigenvalue weighted by molar-refractivity contribution is 6.32. The van der Waals surface area contributed by atoms with E-state index in [0.29, 0.717) is 5.02 Å². The Morgan fingerprint density at radius 2 is 1.72 bits per heavy atom. The zero-order valence-corrected chi connectivity index (χ0v) is 12.5. The monoisotopic (exact) mass is 266 g/mol. The molecule has 4 heteroatoms. The lowest BCUT2D eigenvalue weighted by atomic mass is 10.00. The second-order valence-corrected chi connectivity index (χ2v) is 5.34. The van der Waals surface area contributed by atoms with E-state index in [1.807, 2.05) is 34.6 Å². The first kappa shape index (κ1) is 14.7. The molecule has 3 nitrogen and oxygen atoms in total. The van der Waals surface area contributed by atoms with Crippen molar-refractivity contribution < 1.29 is 4.74 Å². The van der Waals surface area contributed by atoms with Crippen LogP contribution in [0.3, 0.4) is 0 Å². The van der Waals surface area contributed by atoms with Crippen molar-refractivity contribution >= 4 is 17.3 Å². The van der Waals surface area contributed by atoms with Gasteiger partial charge in [0.1, 0.15) is 11.3 Å². The molecule has 1 aromatic carbocycles. The van der Waals surface area contributed by atoms with Crippen molar-refractivity contribution in [2.45, 2.75) is 40.2 Å². The van der Waals surface area contributed by atoms with Gasteiger partial charge in [0, 0.05) is 5.02 Å². The van der Waals surface area contributed by atoms with Crippen molar-refractivity contribution in [1.29, 1.82) is 5.26 Å². The van der Waals surface area contributed by atoms with Gasteiger partial charge in [-0.25, -0.2) is 0 Å². The Balaban J connectivity index is 3.49. The second-order valence-electron chi connectivity index (χ2n) is 4.96. The summed E-state index contributed by atoms with van der Waals surface area (Å²) in [6.45, 7) is 9.48. The molecule has 0 saturated heterocycles. The van der Waals surface area contributed by atoms with E-state index in [2.05, 4.69) is 11.4 Å². The number of nitrogens with zero attached hydrogens (tertiary/aromatic N) is 1. The standard InChI is InChI=1S/C14H19ClN2O/c1-8-9(2)13(18-6)12(10(3)11(8)15)17-14(4,5)7-16/h17H,1-6H3. The average Bonchev–Trinajstić information content (AvgIpc) is 2.33. The highest BCUT2D eigenvalue weighted by Crippen LogP contribution is 2.40. The smallest absolute Gasteiger partial charge is 0.145 e. The fraction of sp³-hybridized carbons (Fsp3) is 0.500. The van der Waals surface area contributed by atoms with E-state index in [1.165, 1.54) is 0 Å². The van der Waals surface area contributed by atoms with Gasteiger partial charge in [-0.2, -0.15) is 5.26 Å². The zero-order chi connectivity index (χ0) is 14.1. The van der Waals surface area contributed by atoms with Crippen molar-refractivity contribution in [1.82, 2.24) is 0 Å². The summed E-state index contributed by atoms with van der Waals surface area (Å²) in [5.41, 5.74) is 3.01. The third-order valence-corrected chi connectivity index (χ3v) is 3.65. The predicted molar refractivity (Wildman–Crippen MR) is 75.5 cm³/mol. The molecule has 0 aromatic heterocycles. The minimum absolute atomic E-state index is 0.678. The minimum Gasteiger partial charge on any atom is -0.494 e. The van der Waals surface area contributed by atoms with Crippen molar-refractivity contribution in [2.75, 3.05) is 12.4 Å². The first-order valence-corrected chi connectivity index (χ1v) is 6.15. The molecule has 0 aliphatic rings. The lowest BCUT2D eigenvalue weighted by Gasteiger charge is -2.25. The van der Waals surface area contributed by atoms with Crippen LogP contribution in [0.2, 0.25) is 5.02 Å². The van der Waals surface area contributed by atoms with Crippen molar-refractivity contribution in [3.63, 3.8) is 0 Å². The summed E-state index contributed by atoms with van der Waals surface area (Å²) in [6.07, 6.45) is 0. The molecule has 0 heterocycles. The number of methoxy groups -OCH3 is 1. The van der Waals surface area contributed by atoms with Crippen LogP contribution in [-0.4, -0.2) is 12.6 Å². The van der Waals surface area contributed by atoms with Gasteiger partial charge in [0.15, 0.2) is 0 Å². The van der Waals surface area contributed by atoms with Gasteiger partial charge < -0.3 is 10.1 Å². The summed E-state index contributed by atoms with van der Waals surface area (Å²) in [4.78, 5) is 0. The fourth-order valence-electron chi connectivity index (χ4n) is 1.83. The molecule has 0 bridgehead atoms.